The Bertz CT molecular complexity index is 958. The van der Waals surface area contributed by atoms with Crippen molar-refractivity contribution in [2.75, 3.05) is 22.3 Å². The summed E-state index contributed by atoms with van der Waals surface area (Å²) < 4.78 is 27.9. The van der Waals surface area contributed by atoms with Gasteiger partial charge in [-0.2, -0.15) is 0 Å². The van der Waals surface area contributed by atoms with E-state index in [1.54, 1.807) is 65.2 Å². The quantitative estimate of drug-likeness (QED) is 0.712. The van der Waals surface area contributed by atoms with E-state index in [0.717, 1.165) is 10.6 Å². The van der Waals surface area contributed by atoms with Gasteiger partial charge in [0.05, 0.1) is 22.8 Å². The number of amides is 1. The van der Waals surface area contributed by atoms with E-state index in [2.05, 4.69) is 6.58 Å². The Labute approximate surface area is 164 Å². The summed E-state index contributed by atoms with van der Waals surface area (Å²) in [4.78, 5) is 14.7. The lowest BCUT2D eigenvalue weighted by Gasteiger charge is -2.32. The fourth-order valence-electron chi connectivity index (χ4n) is 3.06. The molecule has 1 aliphatic heterocycles. The van der Waals surface area contributed by atoms with E-state index < -0.39 is 10.0 Å². The van der Waals surface area contributed by atoms with Crippen LogP contribution in [0.25, 0.3) is 0 Å². The van der Waals surface area contributed by atoms with Crippen LogP contribution in [-0.4, -0.2) is 32.7 Å². The summed E-state index contributed by atoms with van der Waals surface area (Å²) in [5.41, 5.74) is 1.35. The molecule has 1 amide bonds. The number of carbonyl (C=O) groups is 1. The molecule has 27 heavy (non-hydrogen) atoms. The number of hydrogen-bond donors (Lipinski definition) is 0. The van der Waals surface area contributed by atoms with Crippen LogP contribution in [0.2, 0.25) is 0 Å². The lowest BCUT2D eigenvalue weighted by Crippen LogP contribution is -2.37. The lowest BCUT2D eigenvalue weighted by molar-refractivity contribution is -0.116. The number of carbonyl (C=O) groups excluding carboxylic acids is 1. The summed E-state index contributed by atoms with van der Waals surface area (Å²) in [5.74, 6) is -0.0448. The monoisotopic (exact) mass is 402 g/mol. The molecule has 7 heteroatoms. The number of nitrogens with zero attached hydrogens (tertiary/aromatic N) is 2. The highest BCUT2D eigenvalue weighted by Crippen LogP contribution is 2.40. The zero-order valence-corrected chi connectivity index (χ0v) is 17.0. The van der Waals surface area contributed by atoms with Gasteiger partial charge in [0.15, 0.2) is 0 Å². The highest BCUT2D eigenvalue weighted by atomic mass is 32.2. The highest BCUT2D eigenvalue weighted by Gasteiger charge is 2.29. The minimum absolute atomic E-state index is 0.0448. The Balaban J connectivity index is 2.06. The van der Waals surface area contributed by atoms with Crippen LogP contribution < -0.4 is 9.21 Å². The van der Waals surface area contributed by atoms with Crippen LogP contribution >= 0.6 is 11.8 Å². The zero-order valence-electron chi connectivity index (χ0n) is 15.3. The maximum absolute atomic E-state index is 13.3. The maximum atomic E-state index is 13.3. The minimum Gasteiger partial charge on any atom is -0.310 e. The molecule has 2 aromatic rings. The number of para-hydroxylation sites is 1. The van der Waals surface area contributed by atoms with Crippen LogP contribution in [0, 0.1) is 0 Å². The predicted octanol–water partition coefficient (Wildman–Crippen LogP) is 3.92. The van der Waals surface area contributed by atoms with Crippen LogP contribution in [0.15, 0.2) is 71.0 Å². The summed E-state index contributed by atoms with van der Waals surface area (Å²) in [5, 5.41) is 0.192. The molecule has 0 N–H and O–H groups in total. The second-order valence-corrected chi connectivity index (χ2v) is 9.69. The molecular weight excluding hydrogens is 380 g/mol. The average molecular weight is 403 g/mol. The molecule has 1 unspecified atom stereocenters. The summed E-state index contributed by atoms with van der Waals surface area (Å²) >= 11 is 1.59. The number of sulfonamides is 1. The first-order valence-electron chi connectivity index (χ1n) is 8.62. The molecule has 2 aromatic carbocycles. The van der Waals surface area contributed by atoms with E-state index in [0.29, 0.717) is 12.2 Å². The Morgan fingerprint density at radius 2 is 2.00 bits per heavy atom. The van der Waals surface area contributed by atoms with Gasteiger partial charge in [-0.05, 0) is 30.3 Å². The third-order valence-corrected chi connectivity index (χ3v) is 7.22. The van der Waals surface area contributed by atoms with Crippen molar-refractivity contribution in [1.82, 2.24) is 0 Å². The molecule has 0 radical (unpaired) electrons. The van der Waals surface area contributed by atoms with Crippen LogP contribution in [0.3, 0.4) is 0 Å². The minimum atomic E-state index is -3.76. The number of rotatable bonds is 5. The van der Waals surface area contributed by atoms with Gasteiger partial charge in [-0.1, -0.05) is 31.2 Å². The zero-order chi connectivity index (χ0) is 19.6. The third kappa shape index (κ3) is 3.89. The van der Waals surface area contributed by atoms with Crippen LogP contribution in [0.5, 0.6) is 0 Å². The molecule has 1 heterocycles. The van der Waals surface area contributed by atoms with Gasteiger partial charge in [0.1, 0.15) is 0 Å². The molecule has 5 nitrogen and oxygen atoms in total. The Kier molecular flexibility index (Phi) is 5.62. The molecule has 0 saturated heterocycles. The van der Waals surface area contributed by atoms with Crippen molar-refractivity contribution in [1.29, 1.82) is 0 Å². The van der Waals surface area contributed by atoms with Gasteiger partial charge < -0.3 is 4.90 Å². The molecule has 0 spiro atoms. The normalized spacial score (nSPS) is 16.5. The number of benzene rings is 2. The summed E-state index contributed by atoms with van der Waals surface area (Å²) in [6, 6.07) is 13.9. The van der Waals surface area contributed by atoms with Crippen molar-refractivity contribution >= 4 is 39.1 Å². The molecular formula is C20H22N2O3S2. The Morgan fingerprint density at radius 1 is 1.30 bits per heavy atom. The van der Waals surface area contributed by atoms with Gasteiger partial charge in [0.25, 0.3) is 10.0 Å². The van der Waals surface area contributed by atoms with Gasteiger partial charge in [-0.3, -0.25) is 9.10 Å². The van der Waals surface area contributed by atoms with Gasteiger partial charge in [0, 0.05) is 23.6 Å². The summed E-state index contributed by atoms with van der Waals surface area (Å²) in [6.07, 6.45) is 1.57. The second-order valence-electron chi connectivity index (χ2n) is 6.35. The van der Waals surface area contributed by atoms with Gasteiger partial charge in [-0.25, -0.2) is 8.42 Å². The van der Waals surface area contributed by atoms with Gasteiger partial charge >= 0.3 is 0 Å². The van der Waals surface area contributed by atoms with Crippen LogP contribution in [0.4, 0.5) is 11.4 Å². The molecule has 0 aromatic heterocycles. The maximum Gasteiger partial charge on any atom is 0.264 e. The molecule has 142 valence electrons. The fourth-order valence-corrected chi connectivity index (χ4v) is 5.75. The van der Waals surface area contributed by atoms with E-state index >= 15 is 0 Å². The van der Waals surface area contributed by atoms with E-state index in [9.17, 15) is 13.2 Å². The molecule has 3 rings (SSSR count). The van der Waals surface area contributed by atoms with E-state index in [4.69, 9.17) is 0 Å². The standard InChI is InChI=1S/C20H22N2O3S2/c1-4-12-22(17-8-6-5-7-9-17)27(24,25)18-10-11-19-20(13-18)26-15(2)14-21(19)16(3)23/h4-11,13,15H,1,12,14H2,2-3H3. The van der Waals surface area contributed by atoms with E-state index in [-0.39, 0.29) is 22.6 Å². The van der Waals surface area contributed by atoms with E-state index in [1.165, 1.54) is 11.2 Å². The highest BCUT2D eigenvalue weighted by molar-refractivity contribution is 8.00. The first-order valence-corrected chi connectivity index (χ1v) is 10.9. The lowest BCUT2D eigenvalue weighted by atomic mass is 10.2. The fraction of sp³-hybridized carbons (Fsp3) is 0.250. The first-order chi connectivity index (χ1) is 12.8. The Hall–Kier alpha value is -2.25. The average Bonchev–Trinajstić information content (AvgIpc) is 2.65. The Morgan fingerprint density at radius 3 is 2.63 bits per heavy atom. The van der Waals surface area contributed by atoms with Crippen molar-refractivity contribution in [2.24, 2.45) is 0 Å². The van der Waals surface area contributed by atoms with Crippen molar-refractivity contribution in [3.63, 3.8) is 0 Å². The molecule has 0 saturated carbocycles. The van der Waals surface area contributed by atoms with Gasteiger partial charge in [-0.15, -0.1) is 18.3 Å². The third-order valence-electron chi connectivity index (χ3n) is 4.30. The number of anilines is 2. The van der Waals surface area contributed by atoms with Crippen LogP contribution in [-0.2, 0) is 14.8 Å². The topological polar surface area (TPSA) is 57.7 Å². The van der Waals surface area contributed by atoms with Gasteiger partial charge in [0.2, 0.25) is 5.91 Å². The predicted molar refractivity (Wildman–Crippen MR) is 111 cm³/mol. The number of hydrogen-bond acceptors (Lipinski definition) is 4. The number of thioether (sulfide) groups is 1. The summed E-state index contributed by atoms with van der Waals surface area (Å²) in [6.45, 7) is 8.03. The van der Waals surface area contributed by atoms with E-state index in [1.807, 2.05) is 13.0 Å². The SMILES string of the molecule is C=CCN(c1ccccc1)S(=O)(=O)c1ccc2c(c1)SC(C)CN2C(C)=O. The smallest absolute Gasteiger partial charge is 0.264 e. The molecule has 0 bridgehead atoms. The van der Waals surface area contributed by atoms with Crippen molar-refractivity contribution < 1.29 is 13.2 Å². The molecule has 0 fully saturated rings. The van der Waals surface area contributed by atoms with Crippen molar-refractivity contribution in [2.45, 2.75) is 28.9 Å². The number of fused-ring (bicyclic) bond motifs is 1. The molecule has 1 aliphatic rings. The second kappa shape index (κ2) is 7.78. The first kappa shape index (κ1) is 19.5. The summed E-state index contributed by atoms with van der Waals surface area (Å²) in [7, 11) is -3.76. The van der Waals surface area contributed by atoms with Crippen molar-refractivity contribution in [3.8, 4) is 0 Å². The van der Waals surface area contributed by atoms with Crippen LogP contribution in [0.1, 0.15) is 13.8 Å². The molecule has 1 atom stereocenters. The largest absolute Gasteiger partial charge is 0.310 e. The molecule has 0 aliphatic carbocycles. The van der Waals surface area contributed by atoms with Crippen molar-refractivity contribution in [3.05, 3.63) is 61.2 Å².